The van der Waals surface area contributed by atoms with Crippen molar-refractivity contribution in [2.45, 2.75) is 39.5 Å². The number of piperidine rings is 1. The smallest absolute Gasteiger partial charge is 0.191 e. The SMILES string of the molecule is CCNC(=NCCCOCCOC)NCCC1CCN(CC)CC1.I. The fourth-order valence-electron chi connectivity index (χ4n) is 2.93. The first-order chi connectivity index (χ1) is 11.8. The van der Waals surface area contributed by atoms with Crippen molar-refractivity contribution < 1.29 is 9.47 Å². The zero-order chi connectivity index (χ0) is 17.5. The Hall–Kier alpha value is -0.120. The van der Waals surface area contributed by atoms with E-state index < -0.39 is 0 Å². The molecule has 2 N–H and O–H groups in total. The van der Waals surface area contributed by atoms with Crippen LogP contribution >= 0.6 is 24.0 Å². The molecule has 0 aromatic rings. The molecule has 150 valence electrons. The van der Waals surface area contributed by atoms with E-state index in [1.807, 2.05) is 0 Å². The van der Waals surface area contributed by atoms with Crippen LogP contribution in [-0.2, 0) is 9.47 Å². The van der Waals surface area contributed by atoms with Crippen LogP contribution in [0.1, 0.15) is 39.5 Å². The molecular formula is C18H39IN4O2. The lowest BCUT2D eigenvalue weighted by atomic mass is 9.93. The van der Waals surface area contributed by atoms with E-state index in [1.54, 1.807) is 7.11 Å². The van der Waals surface area contributed by atoms with Crippen LogP contribution in [-0.4, -0.2) is 77.1 Å². The van der Waals surface area contributed by atoms with Crippen LogP contribution in [0.4, 0.5) is 0 Å². The van der Waals surface area contributed by atoms with Gasteiger partial charge in [-0.2, -0.15) is 0 Å². The molecule has 1 aliphatic heterocycles. The number of methoxy groups -OCH3 is 1. The molecule has 25 heavy (non-hydrogen) atoms. The number of ether oxygens (including phenoxy) is 2. The van der Waals surface area contributed by atoms with Crippen LogP contribution in [0, 0.1) is 5.92 Å². The van der Waals surface area contributed by atoms with Gasteiger partial charge in [-0.15, -0.1) is 24.0 Å². The first-order valence-electron chi connectivity index (χ1n) is 9.61. The average Bonchev–Trinajstić information content (AvgIpc) is 2.61. The van der Waals surface area contributed by atoms with E-state index >= 15 is 0 Å². The second kappa shape index (κ2) is 17.3. The van der Waals surface area contributed by atoms with Crippen molar-refractivity contribution in [2.24, 2.45) is 10.9 Å². The quantitative estimate of drug-likeness (QED) is 0.199. The molecule has 0 atom stereocenters. The molecule has 1 aliphatic rings. The lowest BCUT2D eigenvalue weighted by molar-refractivity contribution is 0.0702. The van der Waals surface area contributed by atoms with Crippen molar-refractivity contribution >= 4 is 29.9 Å². The summed E-state index contributed by atoms with van der Waals surface area (Å²) in [5, 5.41) is 6.79. The number of halogens is 1. The van der Waals surface area contributed by atoms with Crippen LogP contribution in [0.25, 0.3) is 0 Å². The summed E-state index contributed by atoms with van der Waals surface area (Å²) in [6.45, 7) is 12.8. The number of aliphatic imine (C=N–C) groups is 1. The van der Waals surface area contributed by atoms with Gasteiger partial charge < -0.3 is 25.0 Å². The predicted molar refractivity (Wildman–Crippen MR) is 116 cm³/mol. The van der Waals surface area contributed by atoms with Crippen molar-refractivity contribution in [3.63, 3.8) is 0 Å². The lowest BCUT2D eigenvalue weighted by Gasteiger charge is -2.31. The van der Waals surface area contributed by atoms with Crippen LogP contribution in [0.2, 0.25) is 0 Å². The first kappa shape index (κ1) is 24.9. The summed E-state index contributed by atoms with van der Waals surface area (Å²) in [5.74, 6) is 1.79. The summed E-state index contributed by atoms with van der Waals surface area (Å²) in [5.41, 5.74) is 0. The highest BCUT2D eigenvalue weighted by Gasteiger charge is 2.17. The molecule has 1 saturated heterocycles. The molecule has 6 nitrogen and oxygen atoms in total. The third-order valence-electron chi connectivity index (χ3n) is 4.49. The normalized spacial score (nSPS) is 16.5. The molecule has 0 aromatic carbocycles. The Morgan fingerprint density at radius 1 is 1.12 bits per heavy atom. The maximum absolute atomic E-state index is 5.46. The fraction of sp³-hybridized carbons (Fsp3) is 0.944. The van der Waals surface area contributed by atoms with E-state index in [4.69, 9.17) is 9.47 Å². The molecule has 0 spiro atoms. The third-order valence-corrected chi connectivity index (χ3v) is 4.49. The van der Waals surface area contributed by atoms with E-state index in [0.29, 0.717) is 13.2 Å². The second-order valence-corrected chi connectivity index (χ2v) is 6.31. The van der Waals surface area contributed by atoms with Gasteiger partial charge in [-0.25, -0.2) is 0 Å². The molecule has 1 heterocycles. The van der Waals surface area contributed by atoms with Gasteiger partial charge in [0.1, 0.15) is 0 Å². The minimum Gasteiger partial charge on any atom is -0.382 e. The van der Waals surface area contributed by atoms with Gasteiger partial charge >= 0.3 is 0 Å². The number of guanidine groups is 1. The highest BCUT2D eigenvalue weighted by atomic mass is 127. The van der Waals surface area contributed by atoms with Gasteiger partial charge in [0.2, 0.25) is 0 Å². The van der Waals surface area contributed by atoms with Crippen LogP contribution in [0.15, 0.2) is 4.99 Å². The molecule has 0 bridgehead atoms. The number of nitrogens with zero attached hydrogens (tertiary/aromatic N) is 2. The minimum absolute atomic E-state index is 0. The van der Waals surface area contributed by atoms with Crippen molar-refractivity contribution in [3.05, 3.63) is 0 Å². The molecule has 0 amide bonds. The predicted octanol–water partition coefficient (Wildman–Crippen LogP) is 2.33. The van der Waals surface area contributed by atoms with Crippen molar-refractivity contribution in [1.29, 1.82) is 0 Å². The summed E-state index contributed by atoms with van der Waals surface area (Å²) >= 11 is 0. The van der Waals surface area contributed by atoms with Gasteiger partial charge in [-0.1, -0.05) is 6.92 Å². The van der Waals surface area contributed by atoms with E-state index in [9.17, 15) is 0 Å². The monoisotopic (exact) mass is 470 g/mol. The topological polar surface area (TPSA) is 58.1 Å². The van der Waals surface area contributed by atoms with Gasteiger partial charge in [-0.05, 0) is 58.2 Å². The number of hydrogen-bond donors (Lipinski definition) is 2. The van der Waals surface area contributed by atoms with E-state index in [-0.39, 0.29) is 24.0 Å². The number of hydrogen-bond acceptors (Lipinski definition) is 4. The van der Waals surface area contributed by atoms with Crippen LogP contribution in [0.3, 0.4) is 0 Å². The van der Waals surface area contributed by atoms with Crippen LogP contribution in [0.5, 0.6) is 0 Å². The summed E-state index contributed by atoms with van der Waals surface area (Å²) < 4.78 is 10.4. The maximum atomic E-state index is 5.46. The number of likely N-dealkylation sites (tertiary alicyclic amines) is 1. The molecule has 0 radical (unpaired) electrons. The van der Waals surface area contributed by atoms with Gasteiger partial charge in [0, 0.05) is 33.4 Å². The minimum atomic E-state index is 0. The Labute approximate surface area is 171 Å². The summed E-state index contributed by atoms with van der Waals surface area (Å²) in [7, 11) is 1.69. The van der Waals surface area contributed by atoms with Crippen LogP contribution < -0.4 is 10.6 Å². The number of rotatable bonds is 12. The fourth-order valence-corrected chi connectivity index (χ4v) is 2.93. The molecule has 7 heteroatoms. The highest BCUT2D eigenvalue weighted by Crippen LogP contribution is 2.19. The molecule has 0 aromatic heterocycles. The van der Waals surface area contributed by atoms with E-state index in [1.165, 1.54) is 38.9 Å². The Balaban J connectivity index is 0.00000576. The number of nitrogens with one attached hydrogen (secondary N) is 2. The Bertz CT molecular complexity index is 324. The zero-order valence-corrected chi connectivity index (χ0v) is 18.7. The third kappa shape index (κ3) is 12.8. The van der Waals surface area contributed by atoms with Crippen molar-refractivity contribution in [2.75, 3.05) is 66.2 Å². The molecule has 1 fully saturated rings. The Kier molecular flexibility index (Phi) is 17.2. The van der Waals surface area contributed by atoms with Crippen molar-refractivity contribution in [1.82, 2.24) is 15.5 Å². The molecule has 0 unspecified atom stereocenters. The first-order valence-corrected chi connectivity index (χ1v) is 9.61. The van der Waals surface area contributed by atoms with E-state index in [0.717, 1.165) is 44.5 Å². The van der Waals surface area contributed by atoms with Crippen molar-refractivity contribution in [3.8, 4) is 0 Å². The lowest BCUT2D eigenvalue weighted by Crippen LogP contribution is -2.39. The van der Waals surface area contributed by atoms with Gasteiger partial charge in [0.15, 0.2) is 5.96 Å². The average molecular weight is 470 g/mol. The van der Waals surface area contributed by atoms with E-state index in [2.05, 4.69) is 34.4 Å². The van der Waals surface area contributed by atoms with Gasteiger partial charge in [0.25, 0.3) is 0 Å². The van der Waals surface area contributed by atoms with Gasteiger partial charge in [0.05, 0.1) is 13.2 Å². The van der Waals surface area contributed by atoms with Gasteiger partial charge in [-0.3, -0.25) is 4.99 Å². The second-order valence-electron chi connectivity index (χ2n) is 6.31. The molecular weight excluding hydrogens is 431 g/mol. The maximum Gasteiger partial charge on any atom is 0.191 e. The summed E-state index contributed by atoms with van der Waals surface area (Å²) in [4.78, 5) is 7.16. The Morgan fingerprint density at radius 2 is 1.88 bits per heavy atom. The zero-order valence-electron chi connectivity index (χ0n) is 16.4. The largest absolute Gasteiger partial charge is 0.382 e. The summed E-state index contributed by atoms with van der Waals surface area (Å²) in [6.07, 6.45) is 4.85. The standard InChI is InChI=1S/C18H38N4O2.HI/c1-4-19-18(20-10-6-14-24-16-15-23-3)21-11-7-17-8-12-22(5-2)13-9-17;/h17H,4-16H2,1-3H3,(H2,19,20,21);1H. The highest BCUT2D eigenvalue weighted by molar-refractivity contribution is 14.0. The summed E-state index contributed by atoms with van der Waals surface area (Å²) in [6, 6.07) is 0. The molecule has 0 saturated carbocycles. The molecule has 1 rings (SSSR count). The Morgan fingerprint density at radius 3 is 2.52 bits per heavy atom. The molecule has 0 aliphatic carbocycles.